The van der Waals surface area contributed by atoms with E-state index in [0.29, 0.717) is 0 Å². The summed E-state index contributed by atoms with van der Waals surface area (Å²) in [5, 5.41) is 0. The maximum absolute atomic E-state index is 4.89. The molecule has 4 aromatic rings. The fourth-order valence-electron chi connectivity index (χ4n) is 8.08. The Bertz CT molecular complexity index is 2190. The highest BCUT2D eigenvalue weighted by Gasteiger charge is 2.40. The van der Waals surface area contributed by atoms with E-state index in [9.17, 15) is 0 Å². The van der Waals surface area contributed by atoms with Crippen molar-refractivity contribution >= 4 is 16.8 Å². The molecule has 1 heterocycles. The SMILES string of the molecule is C=C(C1=CC(c2cccc(CC)c2-c2ccccc2)CC=C1C)/C(=C\C=C/C)N1C=C2/C(=C\C(=C)c3ccccc31)c1ccccc1C2(C)C. The first kappa shape index (κ1) is 33.1. The van der Waals surface area contributed by atoms with Crippen LogP contribution in [0.1, 0.15) is 74.8 Å². The van der Waals surface area contributed by atoms with Gasteiger partial charge in [-0.05, 0) is 112 Å². The van der Waals surface area contributed by atoms with Crippen LogP contribution in [0.3, 0.4) is 0 Å². The van der Waals surface area contributed by atoms with Crippen LogP contribution in [0.15, 0.2) is 181 Å². The first-order valence-electron chi connectivity index (χ1n) is 17.9. The van der Waals surface area contributed by atoms with Crippen molar-refractivity contribution in [2.75, 3.05) is 4.90 Å². The highest BCUT2D eigenvalue weighted by Crippen LogP contribution is 2.52. The van der Waals surface area contributed by atoms with Gasteiger partial charge in [-0.3, -0.25) is 0 Å². The van der Waals surface area contributed by atoms with Crippen molar-refractivity contribution in [2.45, 2.75) is 58.8 Å². The summed E-state index contributed by atoms with van der Waals surface area (Å²) in [4.78, 5) is 2.38. The number of hydrogen-bond acceptors (Lipinski definition) is 1. The maximum Gasteiger partial charge on any atom is 0.0534 e. The van der Waals surface area contributed by atoms with Crippen LogP contribution in [0.4, 0.5) is 5.69 Å². The Hall–Kier alpha value is -5.40. The van der Waals surface area contributed by atoms with Gasteiger partial charge in [-0.25, -0.2) is 0 Å². The third-order valence-electron chi connectivity index (χ3n) is 10.8. The predicted octanol–water partition coefficient (Wildman–Crippen LogP) is 13.1. The van der Waals surface area contributed by atoms with E-state index in [-0.39, 0.29) is 11.3 Å². The van der Waals surface area contributed by atoms with Gasteiger partial charge in [0.15, 0.2) is 0 Å². The minimum atomic E-state index is -0.191. The number of hydrogen-bond donors (Lipinski definition) is 0. The fraction of sp³-hybridized carbons (Fsp3) is 0.184. The van der Waals surface area contributed by atoms with Crippen LogP contribution in [-0.2, 0) is 11.8 Å². The molecule has 0 amide bonds. The molecule has 0 aromatic heterocycles. The molecule has 7 rings (SSSR count). The fourth-order valence-corrected chi connectivity index (χ4v) is 8.08. The highest BCUT2D eigenvalue weighted by molar-refractivity contribution is 5.99. The van der Waals surface area contributed by atoms with Gasteiger partial charge in [-0.2, -0.15) is 0 Å². The molecule has 0 N–H and O–H groups in total. The molecule has 1 unspecified atom stereocenters. The van der Waals surface area contributed by atoms with E-state index in [1.54, 1.807) is 0 Å². The van der Waals surface area contributed by atoms with Crippen LogP contribution in [-0.4, -0.2) is 0 Å². The zero-order valence-electron chi connectivity index (χ0n) is 30.1. The number of benzene rings is 4. The summed E-state index contributed by atoms with van der Waals surface area (Å²) in [5.74, 6) is 0.227. The van der Waals surface area contributed by atoms with E-state index < -0.39 is 0 Å². The minimum absolute atomic E-state index is 0.191. The third-order valence-corrected chi connectivity index (χ3v) is 10.8. The number of rotatable bonds is 7. The summed E-state index contributed by atoms with van der Waals surface area (Å²) in [7, 11) is 0. The predicted molar refractivity (Wildman–Crippen MR) is 216 cm³/mol. The Morgan fingerprint density at radius 1 is 0.900 bits per heavy atom. The number of allylic oxidation sites excluding steroid dienone is 11. The van der Waals surface area contributed by atoms with Crippen LogP contribution in [0.25, 0.3) is 22.3 Å². The lowest BCUT2D eigenvalue weighted by atomic mass is 9.79. The number of aryl methyl sites for hydroxylation is 1. The topological polar surface area (TPSA) is 3.24 Å². The third kappa shape index (κ3) is 5.71. The number of fused-ring (bicyclic) bond motifs is 4. The summed E-state index contributed by atoms with van der Waals surface area (Å²) in [6, 6.07) is 35.2. The summed E-state index contributed by atoms with van der Waals surface area (Å²) < 4.78 is 0. The van der Waals surface area contributed by atoms with E-state index in [1.807, 2.05) is 0 Å². The molecule has 0 saturated carbocycles. The van der Waals surface area contributed by atoms with Gasteiger partial charge < -0.3 is 4.90 Å². The molecule has 0 saturated heterocycles. The molecule has 1 atom stereocenters. The normalized spacial score (nSPS) is 19.3. The van der Waals surface area contributed by atoms with Crippen LogP contribution in [0, 0.1) is 0 Å². The van der Waals surface area contributed by atoms with E-state index in [0.717, 1.165) is 40.9 Å². The van der Waals surface area contributed by atoms with Crippen LogP contribution >= 0.6 is 0 Å². The standard InChI is InChI=1S/C49H47N/c1-8-10-26-46(35(5)42-31-38(29-28-33(42)3)40-24-18-21-36(9-2)48(40)37-19-12-11-13-20-37)50-32-45-43(30-34(4)39-22-15-17-27-47(39)50)41-23-14-16-25-44(41)49(45,6)7/h8,10-28,30-32,38H,4-5,9,29H2,1-3,6-7H3/b10-8-,43-30-,45-32?,46-26+. The number of nitrogens with zero attached hydrogens (tertiary/aromatic N) is 1. The van der Waals surface area contributed by atoms with Crippen molar-refractivity contribution in [3.05, 3.63) is 209 Å². The number of anilines is 1. The van der Waals surface area contributed by atoms with Crippen LogP contribution < -0.4 is 4.90 Å². The van der Waals surface area contributed by atoms with Gasteiger partial charge in [-0.15, -0.1) is 0 Å². The number of para-hydroxylation sites is 1. The Labute approximate surface area is 299 Å². The first-order chi connectivity index (χ1) is 24.2. The van der Waals surface area contributed by atoms with Crippen LogP contribution in [0.2, 0.25) is 0 Å². The molecule has 3 aliphatic rings. The van der Waals surface area contributed by atoms with Crippen molar-refractivity contribution in [1.82, 2.24) is 0 Å². The molecule has 1 heteroatoms. The lowest BCUT2D eigenvalue weighted by Crippen LogP contribution is -2.24. The zero-order valence-corrected chi connectivity index (χ0v) is 30.1. The van der Waals surface area contributed by atoms with Crippen molar-refractivity contribution in [2.24, 2.45) is 0 Å². The monoisotopic (exact) mass is 649 g/mol. The van der Waals surface area contributed by atoms with Crippen molar-refractivity contribution in [1.29, 1.82) is 0 Å². The van der Waals surface area contributed by atoms with Gasteiger partial charge in [0.25, 0.3) is 0 Å². The quantitative estimate of drug-likeness (QED) is 0.180. The average Bonchev–Trinajstić information content (AvgIpc) is 3.34. The summed E-state index contributed by atoms with van der Waals surface area (Å²) in [6.45, 7) is 20.8. The molecule has 1 aliphatic heterocycles. The first-order valence-corrected chi connectivity index (χ1v) is 17.9. The molecule has 248 valence electrons. The van der Waals surface area contributed by atoms with E-state index in [4.69, 9.17) is 6.58 Å². The lowest BCUT2D eigenvalue weighted by molar-refractivity contribution is 0.658. The van der Waals surface area contributed by atoms with Gasteiger partial charge in [0.1, 0.15) is 0 Å². The minimum Gasteiger partial charge on any atom is -0.316 e. The zero-order chi connectivity index (χ0) is 35.0. The van der Waals surface area contributed by atoms with Crippen molar-refractivity contribution < 1.29 is 0 Å². The summed E-state index contributed by atoms with van der Waals surface area (Å²) in [6.07, 6.45) is 18.0. The lowest BCUT2D eigenvalue weighted by Gasteiger charge is -2.34. The molecule has 50 heavy (non-hydrogen) atoms. The Morgan fingerprint density at radius 2 is 1.62 bits per heavy atom. The molecule has 0 fully saturated rings. The van der Waals surface area contributed by atoms with Gasteiger partial charge in [0.05, 0.1) is 11.4 Å². The second-order valence-electron chi connectivity index (χ2n) is 14.2. The largest absolute Gasteiger partial charge is 0.316 e. The summed E-state index contributed by atoms with van der Waals surface area (Å²) in [5.41, 5.74) is 18.1. The van der Waals surface area contributed by atoms with Gasteiger partial charge in [0.2, 0.25) is 0 Å². The van der Waals surface area contributed by atoms with E-state index >= 15 is 0 Å². The molecule has 4 aromatic carbocycles. The van der Waals surface area contributed by atoms with Crippen molar-refractivity contribution in [3.8, 4) is 11.1 Å². The second kappa shape index (κ2) is 13.5. The Kier molecular flexibility index (Phi) is 8.93. The average molecular weight is 650 g/mol. The molecular formula is C49H47N. The molecular weight excluding hydrogens is 603 g/mol. The highest BCUT2D eigenvalue weighted by atomic mass is 15.1. The molecule has 0 spiro atoms. The van der Waals surface area contributed by atoms with Gasteiger partial charge >= 0.3 is 0 Å². The van der Waals surface area contributed by atoms with E-state index in [2.05, 4.69) is 186 Å². The molecule has 0 bridgehead atoms. The summed E-state index contributed by atoms with van der Waals surface area (Å²) >= 11 is 0. The van der Waals surface area contributed by atoms with Gasteiger partial charge in [0, 0.05) is 23.1 Å². The Balaban J connectivity index is 1.40. The Morgan fingerprint density at radius 3 is 2.38 bits per heavy atom. The molecule has 2 aliphatic carbocycles. The van der Waals surface area contributed by atoms with Crippen molar-refractivity contribution in [3.63, 3.8) is 0 Å². The molecule has 0 radical (unpaired) electrons. The van der Waals surface area contributed by atoms with E-state index in [1.165, 1.54) is 55.7 Å². The molecule has 1 nitrogen and oxygen atoms in total. The second-order valence-corrected chi connectivity index (χ2v) is 14.2. The van der Waals surface area contributed by atoms with Crippen LogP contribution in [0.5, 0.6) is 0 Å². The smallest absolute Gasteiger partial charge is 0.0534 e. The maximum atomic E-state index is 4.89. The van der Waals surface area contributed by atoms with Gasteiger partial charge in [-0.1, -0.05) is 149 Å².